The van der Waals surface area contributed by atoms with Crippen LogP contribution in [0.1, 0.15) is 43.2 Å². The molecule has 1 unspecified atom stereocenters. The number of phenolic OH excluding ortho intramolecular Hbond substituents is 1. The maximum Gasteiger partial charge on any atom is 0.162 e. The van der Waals surface area contributed by atoms with E-state index in [1.807, 2.05) is 12.1 Å². The van der Waals surface area contributed by atoms with Gasteiger partial charge in [-0.25, -0.2) is 0 Å². The van der Waals surface area contributed by atoms with Gasteiger partial charge in [0.2, 0.25) is 0 Å². The Morgan fingerprint density at radius 2 is 2.14 bits per heavy atom. The summed E-state index contributed by atoms with van der Waals surface area (Å²) in [6, 6.07) is 5.57. The Labute approximate surface area is 124 Å². The lowest BCUT2D eigenvalue weighted by Gasteiger charge is -2.47. The van der Waals surface area contributed by atoms with Crippen molar-refractivity contribution in [3.63, 3.8) is 0 Å². The zero-order valence-electron chi connectivity index (χ0n) is 12.1. The Kier molecular flexibility index (Phi) is 2.62. The van der Waals surface area contributed by atoms with Crippen LogP contribution in [0.2, 0.25) is 0 Å². The number of carbonyl (C=O) groups excluding carboxylic acids is 1. The lowest BCUT2D eigenvalue weighted by molar-refractivity contribution is -0.127. The molecule has 0 radical (unpaired) electrons. The first-order valence-electron chi connectivity index (χ1n) is 7.72. The van der Waals surface area contributed by atoms with E-state index in [1.165, 1.54) is 5.56 Å². The molecule has 4 rings (SSSR count). The molecule has 5 atom stereocenters. The predicted molar refractivity (Wildman–Crippen MR) is 79.8 cm³/mol. The standard InChI is InChI=1S/C18H20O3/c1-18-7-6-13-12-5-3-11(19)8-10(12)2-4-14(13)15(18)9-16(20)17(18)21/h2-5,8,13-15,17,19,21H,6-7,9H2,1H3/t13-,14-,15+,17?,18+/m1/s1. The van der Waals surface area contributed by atoms with Gasteiger partial charge in [-0.3, -0.25) is 4.79 Å². The first kappa shape index (κ1) is 13.1. The van der Waals surface area contributed by atoms with Crippen LogP contribution in [0.3, 0.4) is 0 Å². The summed E-state index contributed by atoms with van der Waals surface area (Å²) in [5, 5.41) is 19.9. The van der Waals surface area contributed by atoms with E-state index in [0.29, 0.717) is 24.0 Å². The van der Waals surface area contributed by atoms with Crippen molar-refractivity contribution < 1.29 is 15.0 Å². The second kappa shape index (κ2) is 4.20. The van der Waals surface area contributed by atoms with E-state index in [2.05, 4.69) is 19.1 Å². The highest BCUT2D eigenvalue weighted by molar-refractivity contribution is 5.87. The number of Topliss-reactive ketones (excluding diaryl/α,β-unsaturated/α-hetero) is 1. The molecule has 2 fully saturated rings. The summed E-state index contributed by atoms with van der Waals surface area (Å²) in [4.78, 5) is 12.0. The van der Waals surface area contributed by atoms with Gasteiger partial charge >= 0.3 is 0 Å². The summed E-state index contributed by atoms with van der Waals surface area (Å²) >= 11 is 0. The highest BCUT2D eigenvalue weighted by Gasteiger charge is 2.57. The van der Waals surface area contributed by atoms with Gasteiger partial charge in [0.05, 0.1) is 0 Å². The quantitative estimate of drug-likeness (QED) is 0.770. The SMILES string of the molecule is C[C@]12CC[C@@H]3c4ccc(O)cc4C=C[C@H]3[C@@H]1CC(=O)C2O. The largest absolute Gasteiger partial charge is 0.508 e. The third-order valence-corrected chi connectivity index (χ3v) is 6.09. The number of fused-ring (bicyclic) bond motifs is 5. The van der Waals surface area contributed by atoms with Crippen LogP contribution in [-0.4, -0.2) is 22.1 Å². The zero-order valence-corrected chi connectivity index (χ0v) is 12.1. The molecule has 1 aromatic rings. The van der Waals surface area contributed by atoms with Crippen LogP contribution in [0.25, 0.3) is 6.08 Å². The Bertz CT molecular complexity index is 648. The molecular weight excluding hydrogens is 264 g/mol. The summed E-state index contributed by atoms with van der Waals surface area (Å²) in [6.45, 7) is 2.07. The molecule has 0 saturated heterocycles. The Hall–Kier alpha value is -1.61. The number of rotatable bonds is 0. The molecule has 3 nitrogen and oxygen atoms in total. The van der Waals surface area contributed by atoms with Crippen molar-refractivity contribution in [1.82, 2.24) is 0 Å². The van der Waals surface area contributed by atoms with Crippen LogP contribution in [-0.2, 0) is 4.79 Å². The van der Waals surface area contributed by atoms with Crippen molar-refractivity contribution >= 4 is 11.9 Å². The minimum Gasteiger partial charge on any atom is -0.508 e. The lowest BCUT2D eigenvalue weighted by Crippen LogP contribution is -2.43. The number of aromatic hydroxyl groups is 1. The molecule has 3 aliphatic rings. The first-order valence-corrected chi connectivity index (χ1v) is 7.72. The summed E-state index contributed by atoms with van der Waals surface area (Å²) in [7, 11) is 0. The maximum atomic E-state index is 12.0. The molecule has 0 bridgehead atoms. The van der Waals surface area contributed by atoms with Gasteiger partial charge in [0.25, 0.3) is 0 Å². The number of carbonyl (C=O) groups is 1. The molecule has 2 N–H and O–H groups in total. The van der Waals surface area contributed by atoms with E-state index in [4.69, 9.17) is 0 Å². The van der Waals surface area contributed by atoms with Gasteiger partial charge in [-0.05, 0) is 53.9 Å². The van der Waals surface area contributed by atoms with E-state index < -0.39 is 6.10 Å². The number of ketones is 1. The third kappa shape index (κ3) is 1.67. The highest BCUT2D eigenvalue weighted by atomic mass is 16.3. The molecule has 0 aromatic heterocycles. The smallest absolute Gasteiger partial charge is 0.162 e. The molecule has 0 amide bonds. The maximum absolute atomic E-state index is 12.0. The van der Waals surface area contributed by atoms with Crippen molar-refractivity contribution in [2.75, 3.05) is 0 Å². The molecule has 110 valence electrons. The first-order chi connectivity index (χ1) is 10.0. The van der Waals surface area contributed by atoms with Gasteiger partial charge < -0.3 is 10.2 Å². The van der Waals surface area contributed by atoms with Crippen molar-refractivity contribution in [3.05, 3.63) is 35.4 Å². The summed E-state index contributed by atoms with van der Waals surface area (Å²) in [6.07, 6.45) is 5.84. The Balaban J connectivity index is 1.76. The topological polar surface area (TPSA) is 57.5 Å². The average Bonchev–Trinajstić information content (AvgIpc) is 2.70. The van der Waals surface area contributed by atoms with Crippen molar-refractivity contribution in [2.45, 2.75) is 38.2 Å². The number of aliphatic hydroxyl groups is 1. The van der Waals surface area contributed by atoms with Crippen molar-refractivity contribution in [1.29, 1.82) is 0 Å². The van der Waals surface area contributed by atoms with Crippen LogP contribution in [0.4, 0.5) is 0 Å². The van der Waals surface area contributed by atoms with Gasteiger partial charge in [0.15, 0.2) is 5.78 Å². The molecule has 3 heteroatoms. The number of aliphatic hydroxyl groups excluding tert-OH is 1. The molecule has 0 spiro atoms. The lowest BCUT2D eigenvalue weighted by atomic mass is 9.57. The van der Waals surface area contributed by atoms with Gasteiger partial charge in [0.1, 0.15) is 11.9 Å². The second-order valence-corrected chi connectivity index (χ2v) is 7.08. The zero-order chi connectivity index (χ0) is 14.8. The second-order valence-electron chi connectivity index (χ2n) is 7.08. The fraction of sp³-hybridized carbons (Fsp3) is 0.500. The van der Waals surface area contributed by atoms with E-state index in [1.54, 1.807) is 6.07 Å². The molecule has 2 saturated carbocycles. The van der Waals surface area contributed by atoms with Gasteiger partial charge in [-0.2, -0.15) is 0 Å². The number of hydrogen-bond acceptors (Lipinski definition) is 3. The van der Waals surface area contributed by atoms with E-state index in [0.717, 1.165) is 18.4 Å². The minimum absolute atomic E-state index is 0.00746. The van der Waals surface area contributed by atoms with Gasteiger partial charge in [0, 0.05) is 11.8 Å². The van der Waals surface area contributed by atoms with Crippen LogP contribution < -0.4 is 0 Å². The van der Waals surface area contributed by atoms with Crippen molar-refractivity contribution in [3.8, 4) is 5.75 Å². The summed E-state index contributed by atoms with van der Waals surface area (Å²) in [5.74, 6) is 1.26. The molecule has 21 heavy (non-hydrogen) atoms. The molecule has 1 aromatic carbocycles. The fourth-order valence-electron chi connectivity index (χ4n) is 4.86. The normalized spacial score (nSPS) is 40.6. The van der Waals surface area contributed by atoms with Crippen LogP contribution >= 0.6 is 0 Å². The van der Waals surface area contributed by atoms with Crippen molar-refractivity contribution in [2.24, 2.45) is 17.3 Å². The van der Waals surface area contributed by atoms with E-state index >= 15 is 0 Å². The Morgan fingerprint density at radius 1 is 1.33 bits per heavy atom. The third-order valence-electron chi connectivity index (χ3n) is 6.09. The molecule has 0 heterocycles. The number of benzene rings is 1. The average molecular weight is 284 g/mol. The monoisotopic (exact) mass is 284 g/mol. The number of hydrogen-bond donors (Lipinski definition) is 2. The van der Waals surface area contributed by atoms with E-state index in [-0.39, 0.29) is 17.1 Å². The molecular formula is C18H20O3. The summed E-state index contributed by atoms with van der Waals surface area (Å²) in [5.41, 5.74) is 2.10. The van der Waals surface area contributed by atoms with Gasteiger partial charge in [-0.15, -0.1) is 0 Å². The fourth-order valence-corrected chi connectivity index (χ4v) is 4.86. The number of allylic oxidation sites excluding steroid dienone is 1. The predicted octanol–water partition coefficient (Wildman–Crippen LogP) is 2.87. The Morgan fingerprint density at radius 3 is 2.95 bits per heavy atom. The molecule has 3 aliphatic carbocycles. The summed E-state index contributed by atoms with van der Waals surface area (Å²) < 4.78 is 0. The van der Waals surface area contributed by atoms with Crippen LogP contribution in [0, 0.1) is 17.3 Å². The van der Waals surface area contributed by atoms with Gasteiger partial charge in [-0.1, -0.05) is 25.1 Å². The van der Waals surface area contributed by atoms with Crippen LogP contribution in [0.15, 0.2) is 24.3 Å². The van der Waals surface area contributed by atoms with E-state index in [9.17, 15) is 15.0 Å². The van der Waals surface area contributed by atoms with Crippen LogP contribution in [0.5, 0.6) is 5.75 Å². The highest BCUT2D eigenvalue weighted by Crippen LogP contribution is 2.59. The number of phenols is 1. The molecule has 0 aliphatic heterocycles. The minimum atomic E-state index is -0.793.